The van der Waals surface area contributed by atoms with Crippen LogP contribution in [0.3, 0.4) is 0 Å². The average molecular weight is 285 g/mol. The van der Waals surface area contributed by atoms with Crippen LogP contribution in [0, 0.1) is 0 Å². The number of pyridine rings is 1. The van der Waals surface area contributed by atoms with Crippen molar-refractivity contribution >= 4 is 17.5 Å². The van der Waals surface area contributed by atoms with Gasteiger partial charge in [0.1, 0.15) is 5.82 Å². The number of rotatable bonds is 6. The molecule has 0 atom stereocenters. The Morgan fingerprint density at radius 3 is 2.76 bits per heavy atom. The van der Waals surface area contributed by atoms with Crippen LogP contribution in [-0.4, -0.2) is 27.6 Å². The van der Waals surface area contributed by atoms with Gasteiger partial charge >= 0.3 is 0 Å². The molecule has 0 unspecified atom stereocenters. The summed E-state index contributed by atoms with van der Waals surface area (Å²) in [5.41, 5.74) is 1.47. The lowest BCUT2D eigenvalue weighted by Crippen LogP contribution is -2.15. The van der Waals surface area contributed by atoms with Gasteiger partial charge in [0.05, 0.1) is 0 Å². The minimum atomic E-state index is -0.214. The maximum absolute atomic E-state index is 12.3. The lowest BCUT2D eigenvalue weighted by molar-refractivity contribution is 0.102. The number of hydrogen-bond acceptors (Lipinski definition) is 5. The Hall–Kier alpha value is -2.50. The van der Waals surface area contributed by atoms with Crippen molar-refractivity contribution in [2.45, 2.75) is 26.7 Å². The molecular weight excluding hydrogens is 266 g/mol. The Labute approximate surface area is 124 Å². The Morgan fingerprint density at radius 1 is 1.24 bits per heavy atom. The first-order valence-corrected chi connectivity index (χ1v) is 7.06. The minimum absolute atomic E-state index is 0.214. The van der Waals surface area contributed by atoms with Crippen molar-refractivity contribution in [1.82, 2.24) is 15.2 Å². The first-order valence-electron chi connectivity index (χ1n) is 7.06. The standard InChI is InChI=1S/C15H19N5O/c1-3-6-12-9-11(10-14(18-12)16-4-2)15(21)19-13-7-5-8-17-20-13/h5,7-10H,3-4,6H2,1-2H3,(H,16,18)(H,19,20,21). The molecule has 2 rings (SSSR count). The zero-order valence-electron chi connectivity index (χ0n) is 12.3. The van der Waals surface area contributed by atoms with E-state index in [0.717, 1.165) is 25.1 Å². The molecule has 2 aromatic rings. The first-order chi connectivity index (χ1) is 10.2. The zero-order chi connectivity index (χ0) is 15.1. The molecular formula is C15H19N5O. The number of aromatic nitrogens is 3. The number of aryl methyl sites for hydroxylation is 1. The highest BCUT2D eigenvalue weighted by Gasteiger charge is 2.10. The van der Waals surface area contributed by atoms with Crippen LogP contribution in [0.15, 0.2) is 30.5 Å². The summed E-state index contributed by atoms with van der Waals surface area (Å²) in [7, 11) is 0. The number of nitrogens with one attached hydrogen (secondary N) is 2. The van der Waals surface area contributed by atoms with Crippen molar-refractivity contribution in [3.63, 3.8) is 0 Å². The molecule has 0 radical (unpaired) electrons. The van der Waals surface area contributed by atoms with E-state index >= 15 is 0 Å². The summed E-state index contributed by atoms with van der Waals surface area (Å²) in [6.45, 7) is 4.84. The van der Waals surface area contributed by atoms with Crippen LogP contribution in [0.2, 0.25) is 0 Å². The van der Waals surface area contributed by atoms with E-state index in [0.29, 0.717) is 17.2 Å². The molecule has 21 heavy (non-hydrogen) atoms. The van der Waals surface area contributed by atoms with Crippen LogP contribution in [0.1, 0.15) is 36.3 Å². The molecule has 0 aliphatic carbocycles. The Morgan fingerprint density at radius 2 is 2.10 bits per heavy atom. The molecule has 6 heteroatoms. The number of amides is 1. The van der Waals surface area contributed by atoms with Gasteiger partial charge in [-0.05, 0) is 37.6 Å². The second-order valence-corrected chi connectivity index (χ2v) is 4.58. The second-order valence-electron chi connectivity index (χ2n) is 4.58. The molecule has 0 aromatic carbocycles. The average Bonchev–Trinajstić information content (AvgIpc) is 2.49. The number of carbonyl (C=O) groups is 1. The third kappa shape index (κ3) is 4.24. The summed E-state index contributed by atoms with van der Waals surface area (Å²) in [6, 6.07) is 6.98. The number of nitrogens with zero attached hydrogens (tertiary/aromatic N) is 3. The molecule has 0 aliphatic rings. The molecule has 0 aliphatic heterocycles. The normalized spacial score (nSPS) is 10.2. The molecule has 0 fully saturated rings. The topological polar surface area (TPSA) is 79.8 Å². The number of anilines is 2. The molecule has 2 heterocycles. The van der Waals surface area contributed by atoms with E-state index in [1.54, 1.807) is 24.4 Å². The van der Waals surface area contributed by atoms with Crippen molar-refractivity contribution in [2.24, 2.45) is 0 Å². The summed E-state index contributed by atoms with van der Waals surface area (Å²) in [6.07, 6.45) is 3.38. The Bertz CT molecular complexity index is 576. The largest absolute Gasteiger partial charge is 0.370 e. The molecule has 110 valence electrons. The maximum atomic E-state index is 12.3. The van der Waals surface area contributed by atoms with Gasteiger partial charge in [-0.3, -0.25) is 4.79 Å². The lowest BCUT2D eigenvalue weighted by atomic mass is 10.1. The van der Waals surface area contributed by atoms with Crippen molar-refractivity contribution < 1.29 is 4.79 Å². The zero-order valence-corrected chi connectivity index (χ0v) is 12.3. The van der Waals surface area contributed by atoms with Gasteiger partial charge in [0.25, 0.3) is 5.91 Å². The van der Waals surface area contributed by atoms with Gasteiger partial charge in [-0.15, -0.1) is 5.10 Å². The monoisotopic (exact) mass is 285 g/mol. The van der Waals surface area contributed by atoms with Crippen molar-refractivity contribution in [1.29, 1.82) is 0 Å². The fourth-order valence-electron chi connectivity index (χ4n) is 1.93. The van der Waals surface area contributed by atoms with Gasteiger partial charge in [-0.2, -0.15) is 5.10 Å². The lowest BCUT2D eigenvalue weighted by Gasteiger charge is -2.09. The Kier molecular flexibility index (Phi) is 5.20. The minimum Gasteiger partial charge on any atom is -0.370 e. The molecule has 0 saturated heterocycles. The van der Waals surface area contributed by atoms with Gasteiger partial charge < -0.3 is 10.6 Å². The van der Waals surface area contributed by atoms with Crippen molar-refractivity contribution in [3.8, 4) is 0 Å². The first kappa shape index (κ1) is 14.9. The fourth-order valence-corrected chi connectivity index (χ4v) is 1.93. The van der Waals surface area contributed by atoms with Gasteiger partial charge in [-0.1, -0.05) is 13.3 Å². The molecule has 0 bridgehead atoms. The highest BCUT2D eigenvalue weighted by Crippen LogP contribution is 2.13. The molecule has 0 spiro atoms. The summed E-state index contributed by atoms with van der Waals surface area (Å²) in [5.74, 6) is 0.934. The molecule has 0 saturated carbocycles. The summed E-state index contributed by atoms with van der Waals surface area (Å²) < 4.78 is 0. The van der Waals surface area contributed by atoms with Gasteiger partial charge in [0, 0.05) is 24.0 Å². The van der Waals surface area contributed by atoms with Crippen LogP contribution in [0.5, 0.6) is 0 Å². The fraction of sp³-hybridized carbons (Fsp3) is 0.333. The van der Waals surface area contributed by atoms with E-state index in [2.05, 4.69) is 32.7 Å². The maximum Gasteiger partial charge on any atom is 0.257 e. The van der Waals surface area contributed by atoms with Gasteiger partial charge in [0.2, 0.25) is 0 Å². The van der Waals surface area contributed by atoms with E-state index in [-0.39, 0.29) is 5.91 Å². The Balaban J connectivity index is 2.22. The molecule has 1 amide bonds. The van der Waals surface area contributed by atoms with E-state index in [9.17, 15) is 4.79 Å². The van der Waals surface area contributed by atoms with E-state index in [1.165, 1.54) is 0 Å². The molecule has 2 aromatic heterocycles. The summed E-state index contributed by atoms with van der Waals surface area (Å²) in [5, 5.41) is 13.5. The van der Waals surface area contributed by atoms with Crippen molar-refractivity contribution in [2.75, 3.05) is 17.2 Å². The molecule has 6 nitrogen and oxygen atoms in total. The summed E-state index contributed by atoms with van der Waals surface area (Å²) >= 11 is 0. The van der Waals surface area contributed by atoms with E-state index in [4.69, 9.17) is 0 Å². The van der Waals surface area contributed by atoms with Crippen LogP contribution in [-0.2, 0) is 6.42 Å². The number of hydrogen-bond donors (Lipinski definition) is 2. The third-order valence-corrected chi connectivity index (χ3v) is 2.82. The van der Waals surface area contributed by atoms with Crippen LogP contribution in [0.4, 0.5) is 11.6 Å². The van der Waals surface area contributed by atoms with E-state index in [1.807, 2.05) is 13.0 Å². The summed E-state index contributed by atoms with van der Waals surface area (Å²) in [4.78, 5) is 16.8. The molecule has 2 N–H and O–H groups in total. The van der Waals surface area contributed by atoms with Gasteiger partial charge in [0.15, 0.2) is 5.82 Å². The SMILES string of the molecule is CCCc1cc(C(=O)Nc2cccnn2)cc(NCC)n1. The highest BCUT2D eigenvalue weighted by molar-refractivity contribution is 6.04. The highest BCUT2D eigenvalue weighted by atomic mass is 16.1. The van der Waals surface area contributed by atoms with Gasteiger partial charge in [-0.25, -0.2) is 4.98 Å². The van der Waals surface area contributed by atoms with Crippen LogP contribution < -0.4 is 10.6 Å². The predicted molar refractivity (Wildman–Crippen MR) is 82.4 cm³/mol. The predicted octanol–water partition coefficient (Wildman–Crippen LogP) is 2.51. The smallest absolute Gasteiger partial charge is 0.257 e. The third-order valence-electron chi connectivity index (χ3n) is 2.82. The second kappa shape index (κ2) is 7.33. The van der Waals surface area contributed by atoms with E-state index < -0.39 is 0 Å². The quantitative estimate of drug-likeness (QED) is 0.852. The number of carbonyl (C=O) groups excluding carboxylic acids is 1. The van der Waals surface area contributed by atoms with Crippen LogP contribution in [0.25, 0.3) is 0 Å². The van der Waals surface area contributed by atoms with Crippen molar-refractivity contribution in [3.05, 3.63) is 41.7 Å². The van der Waals surface area contributed by atoms with Crippen LogP contribution >= 0.6 is 0 Å².